The van der Waals surface area contributed by atoms with Gasteiger partial charge in [0.15, 0.2) is 0 Å². The van der Waals surface area contributed by atoms with Crippen LogP contribution in [-0.2, 0) is 0 Å². The van der Waals surface area contributed by atoms with Crippen LogP contribution in [-0.4, -0.2) is 22.3 Å². The number of hydrogen-bond acceptors (Lipinski definition) is 4. The molecule has 0 unspecified atom stereocenters. The molecule has 0 aliphatic rings. The number of phenols is 1. The highest BCUT2D eigenvalue weighted by molar-refractivity contribution is 7.18. The number of benzene rings is 1. The van der Waals surface area contributed by atoms with Gasteiger partial charge in [-0.3, -0.25) is 0 Å². The van der Waals surface area contributed by atoms with Gasteiger partial charge in [0.05, 0.1) is 9.72 Å². The van der Waals surface area contributed by atoms with Crippen LogP contribution in [0.15, 0.2) is 17.5 Å². The van der Waals surface area contributed by atoms with Crippen LogP contribution in [0.2, 0.25) is 5.02 Å². The molecule has 72 valence electrons. The van der Waals surface area contributed by atoms with Crippen molar-refractivity contribution in [3.8, 4) is 5.75 Å². The van der Waals surface area contributed by atoms with E-state index in [4.69, 9.17) is 21.6 Å². The zero-order valence-electron chi connectivity index (χ0n) is 6.94. The number of aromatic hydroxyl groups is 1. The average Bonchev–Trinajstić information content (AvgIpc) is 2.50. The second-order valence-electron chi connectivity index (χ2n) is 2.84. The van der Waals surface area contributed by atoms with Crippen LogP contribution >= 0.6 is 22.9 Å². The van der Waals surface area contributed by atoms with E-state index in [1.54, 1.807) is 5.38 Å². The molecule has 0 atom stereocenters. The Morgan fingerprint density at radius 2 is 2.00 bits per heavy atom. The molecule has 0 saturated carbocycles. The van der Waals surface area contributed by atoms with Gasteiger partial charge in [0, 0.05) is 10.8 Å². The summed E-state index contributed by atoms with van der Waals surface area (Å²) in [6, 6.07) is 2.87. The topological polar surface area (TPSA) is 60.7 Å². The third-order valence-electron chi connectivity index (χ3n) is 1.97. The first-order valence-electron chi connectivity index (χ1n) is 3.86. The lowest BCUT2D eigenvalue weighted by molar-refractivity contribution is 0.426. The van der Waals surface area contributed by atoms with Crippen molar-refractivity contribution in [3.63, 3.8) is 0 Å². The standard InChI is InChI=1S/C8H6BClO3S/c10-5-3-14-8-6(11)2-1-4(7(5)8)9(12)13/h1-3,11-13H. The fraction of sp³-hybridized carbons (Fsp3) is 0. The minimum absolute atomic E-state index is 0.0984. The molecule has 1 aromatic carbocycles. The first-order chi connectivity index (χ1) is 6.61. The Bertz CT molecular complexity index is 483. The molecule has 6 heteroatoms. The van der Waals surface area contributed by atoms with Gasteiger partial charge in [-0.1, -0.05) is 17.7 Å². The van der Waals surface area contributed by atoms with E-state index in [0.717, 1.165) is 0 Å². The summed E-state index contributed by atoms with van der Waals surface area (Å²) in [5, 5.41) is 30.2. The van der Waals surface area contributed by atoms with Crippen molar-refractivity contribution in [3.05, 3.63) is 22.5 Å². The van der Waals surface area contributed by atoms with E-state index in [0.29, 0.717) is 20.6 Å². The highest BCUT2D eigenvalue weighted by Gasteiger charge is 2.19. The number of halogens is 1. The summed E-state index contributed by atoms with van der Waals surface area (Å²) < 4.78 is 0.570. The first kappa shape index (κ1) is 9.80. The van der Waals surface area contributed by atoms with Crippen LogP contribution in [0.1, 0.15) is 0 Å². The molecule has 1 aromatic heterocycles. The number of hydrogen-bond donors (Lipinski definition) is 3. The minimum Gasteiger partial charge on any atom is -0.506 e. The second-order valence-corrected chi connectivity index (χ2v) is 4.12. The van der Waals surface area contributed by atoms with E-state index < -0.39 is 7.12 Å². The Labute approximate surface area is 89.3 Å². The van der Waals surface area contributed by atoms with Gasteiger partial charge in [-0.2, -0.15) is 0 Å². The SMILES string of the molecule is OB(O)c1ccc(O)c2scc(Cl)c12. The number of phenolic OH excluding ortho intramolecular Hbond substituents is 1. The van der Waals surface area contributed by atoms with Gasteiger partial charge < -0.3 is 15.2 Å². The Kier molecular flexibility index (Phi) is 2.40. The van der Waals surface area contributed by atoms with Crippen molar-refractivity contribution < 1.29 is 15.2 Å². The van der Waals surface area contributed by atoms with Gasteiger partial charge in [0.25, 0.3) is 0 Å². The maximum atomic E-state index is 9.48. The normalized spacial score (nSPS) is 10.8. The molecule has 0 aliphatic carbocycles. The molecule has 14 heavy (non-hydrogen) atoms. The molecule has 3 N–H and O–H groups in total. The van der Waals surface area contributed by atoms with Crippen LogP contribution < -0.4 is 5.46 Å². The molecule has 3 nitrogen and oxygen atoms in total. The number of rotatable bonds is 1. The van der Waals surface area contributed by atoms with Crippen molar-refractivity contribution in [1.82, 2.24) is 0 Å². The lowest BCUT2D eigenvalue weighted by Crippen LogP contribution is -2.30. The summed E-state index contributed by atoms with van der Waals surface area (Å²) in [7, 11) is -1.58. The molecule has 0 saturated heterocycles. The van der Waals surface area contributed by atoms with E-state index in [9.17, 15) is 5.11 Å². The Morgan fingerprint density at radius 3 is 2.64 bits per heavy atom. The summed E-state index contributed by atoms with van der Waals surface area (Å²) in [6.07, 6.45) is 0. The Morgan fingerprint density at radius 1 is 1.29 bits per heavy atom. The molecule has 1 heterocycles. The molecule has 0 bridgehead atoms. The first-order valence-corrected chi connectivity index (χ1v) is 5.11. The van der Waals surface area contributed by atoms with E-state index in [-0.39, 0.29) is 5.75 Å². The van der Waals surface area contributed by atoms with Crippen molar-refractivity contribution in [2.75, 3.05) is 0 Å². The molecule has 0 aliphatic heterocycles. The summed E-state index contributed by atoms with van der Waals surface area (Å²) in [5.41, 5.74) is 0.309. The molecule has 0 radical (unpaired) electrons. The van der Waals surface area contributed by atoms with Crippen LogP contribution in [0.5, 0.6) is 5.75 Å². The maximum absolute atomic E-state index is 9.48. The molecule has 0 fully saturated rings. The molecular formula is C8H6BClO3S. The van der Waals surface area contributed by atoms with Crippen molar-refractivity contribution in [2.45, 2.75) is 0 Å². The van der Waals surface area contributed by atoms with Gasteiger partial charge in [0.1, 0.15) is 5.75 Å². The lowest BCUT2D eigenvalue weighted by Gasteiger charge is -2.03. The van der Waals surface area contributed by atoms with Crippen molar-refractivity contribution in [2.24, 2.45) is 0 Å². The second kappa shape index (κ2) is 3.44. The quantitative estimate of drug-likeness (QED) is 0.637. The summed E-state index contributed by atoms with van der Waals surface area (Å²) in [4.78, 5) is 0. The summed E-state index contributed by atoms with van der Waals surface area (Å²) >= 11 is 7.14. The van der Waals surface area contributed by atoms with E-state index in [1.165, 1.54) is 23.5 Å². The van der Waals surface area contributed by atoms with Gasteiger partial charge in [-0.05, 0) is 11.5 Å². The third-order valence-corrected chi connectivity index (χ3v) is 3.40. The zero-order valence-corrected chi connectivity index (χ0v) is 8.51. The lowest BCUT2D eigenvalue weighted by atomic mass is 9.78. The predicted octanol–water partition coefficient (Wildman–Crippen LogP) is 0.940. The average molecular weight is 228 g/mol. The van der Waals surface area contributed by atoms with Crippen LogP contribution in [0, 0.1) is 0 Å². The summed E-state index contributed by atoms with van der Waals surface area (Å²) in [6.45, 7) is 0. The van der Waals surface area contributed by atoms with E-state index in [1.807, 2.05) is 0 Å². The molecule has 0 spiro atoms. The Hall–Kier alpha value is -0.745. The highest BCUT2D eigenvalue weighted by atomic mass is 35.5. The predicted molar refractivity (Wildman–Crippen MR) is 58.3 cm³/mol. The zero-order chi connectivity index (χ0) is 10.3. The fourth-order valence-electron chi connectivity index (χ4n) is 1.34. The monoisotopic (exact) mass is 228 g/mol. The molecule has 0 amide bonds. The van der Waals surface area contributed by atoms with Crippen LogP contribution in [0.4, 0.5) is 0 Å². The van der Waals surface area contributed by atoms with E-state index in [2.05, 4.69) is 0 Å². The minimum atomic E-state index is -1.58. The Balaban J connectivity index is 2.85. The van der Waals surface area contributed by atoms with Gasteiger partial charge in [0.2, 0.25) is 0 Å². The van der Waals surface area contributed by atoms with Crippen molar-refractivity contribution >= 4 is 45.6 Å². The molecular weight excluding hydrogens is 222 g/mol. The highest BCUT2D eigenvalue weighted by Crippen LogP contribution is 2.34. The number of fused-ring (bicyclic) bond motifs is 1. The van der Waals surface area contributed by atoms with Gasteiger partial charge >= 0.3 is 7.12 Å². The van der Waals surface area contributed by atoms with E-state index >= 15 is 0 Å². The van der Waals surface area contributed by atoms with Gasteiger partial charge in [-0.25, -0.2) is 0 Å². The largest absolute Gasteiger partial charge is 0.506 e. The molecule has 2 aromatic rings. The maximum Gasteiger partial charge on any atom is 0.489 e. The summed E-state index contributed by atoms with van der Waals surface area (Å²) in [5.74, 6) is 0.0984. The van der Waals surface area contributed by atoms with Crippen LogP contribution in [0.3, 0.4) is 0 Å². The fourth-order valence-corrected chi connectivity index (χ4v) is 2.60. The number of thiophene rings is 1. The van der Waals surface area contributed by atoms with Gasteiger partial charge in [-0.15, -0.1) is 11.3 Å². The third kappa shape index (κ3) is 1.38. The smallest absolute Gasteiger partial charge is 0.489 e. The van der Waals surface area contributed by atoms with Crippen molar-refractivity contribution in [1.29, 1.82) is 0 Å². The molecule has 2 rings (SSSR count). The van der Waals surface area contributed by atoms with Crippen LogP contribution in [0.25, 0.3) is 10.1 Å².